The molecule has 2 heterocycles. The molecule has 6 heteroatoms. The van der Waals surface area contributed by atoms with Crippen LogP contribution in [0.5, 0.6) is 0 Å². The molecule has 21 heavy (non-hydrogen) atoms. The highest BCUT2D eigenvalue weighted by atomic mass is 19.1. The molecule has 5 nitrogen and oxygen atoms in total. The van der Waals surface area contributed by atoms with Crippen molar-refractivity contribution in [3.8, 4) is 0 Å². The van der Waals surface area contributed by atoms with E-state index < -0.39 is 11.4 Å². The van der Waals surface area contributed by atoms with Crippen LogP contribution in [0.15, 0.2) is 24.3 Å². The Morgan fingerprint density at radius 1 is 1.38 bits per heavy atom. The number of nitrogens with zero attached hydrogens (tertiary/aromatic N) is 1. The molecular formula is C15H15FN2O3. The van der Waals surface area contributed by atoms with E-state index in [9.17, 15) is 19.1 Å². The summed E-state index contributed by atoms with van der Waals surface area (Å²) < 4.78 is 13.2. The Hall–Kier alpha value is -2.37. The summed E-state index contributed by atoms with van der Waals surface area (Å²) in [6.07, 6.45) is 0.433. The van der Waals surface area contributed by atoms with E-state index in [1.807, 2.05) is 0 Å². The number of amides is 1. The number of aromatic nitrogens is 1. The van der Waals surface area contributed by atoms with Crippen molar-refractivity contribution in [1.29, 1.82) is 0 Å². The fourth-order valence-electron chi connectivity index (χ4n) is 2.70. The lowest BCUT2D eigenvalue weighted by Crippen LogP contribution is -2.35. The van der Waals surface area contributed by atoms with Crippen molar-refractivity contribution in [3.63, 3.8) is 0 Å². The van der Waals surface area contributed by atoms with Gasteiger partial charge < -0.3 is 15.0 Å². The maximum Gasteiger partial charge on any atom is 0.311 e. The van der Waals surface area contributed by atoms with E-state index in [-0.39, 0.29) is 18.3 Å². The third kappa shape index (κ3) is 2.26. The largest absolute Gasteiger partial charge is 0.481 e. The fourth-order valence-corrected chi connectivity index (χ4v) is 2.70. The van der Waals surface area contributed by atoms with Crippen molar-refractivity contribution in [1.82, 2.24) is 9.88 Å². The predicted octanol–water partition coefficient (Wildman–Crippen LogP) is 2.24. The summed E-state index contributed by atoms with van der Waals surface area (Å²) in [4.78, 5) is 28.1. The van der Waals surface area contributed by atoms with Crippen LogP contribution >= 0.6 is 0 Å². The number of hydrogen-bond donors (Lipinski definition) is 2. The molecule has 2 N–H and O–H groups in total. The second-order valence-corrected chi connectivity index (χ2v) is 5.76. The van der Waals surface area contributed by atoms with Crippen molar-refractivity contribution in [2.24, 2.45) is 5.41 Å². The summed E-state index contributed by atoms with van der Waals surface area (Å²) >= 11 is 0. The molecular weight excluding hydrogens is 275 g/mol. The number of H-pyrrole nitrogens is 1. The number of benzene rings is 1. The number of fused-ring (bicyclic) bond motifs is 1. The van der Waals surface area contributed by atoms with Gasteiger partial charge in [-0.05, 0) is 37.6 Å². The van der Waals surface area contributed by atoms with Crippen LogP contribution < -0.4 is 0 Å². The Labute approximate surface area is 120 Å². The minimum atomic E-state index is -0.895. The lowest BCUT2D eigenvalue weighted by atomic mass is 9.90. The zero-order chi connectivity index (χ0) is 15.2. The summed E-state index contributed by atoms with van der Waals surface area (Å²) in [6, 6.07) is 5.85. The highest BCUT2D eigenvalue weighted by Crippen LogP contribution is 2.31. The molecule has 3 rings (SSSR count). The van der Waals surface area contributed by atoms with Crippen molar-refractivity contribution in [3.05, 3.63) is 35.8 Å². The number of likely N-dealkylation sites (tertiary alicyclic amines) is 1. The SMILES string of the molecule is CC1(C(=O)O)CCN(C(=O)c2cc3cc(F)ccc3[nH]2)C1. The molecule has 2 aromatic rings. The molecule has 0 bridgehead atoms. The van der Waals surface area contributed by atoms with Crippen LogP contribution in [-0.2, 0) is 4.79 Å². The predicted molar refractivity (Wildman–Crippen MR) is 74.5 cm³/mol. The van der Waals surface area contributed by atoms with Gasteiger partial charge in [0, 0.05) is 24.0 Å². The van der Waals surface area contributed by atoms with Crippen LogP contribution in [0.3, 0.4) is 0 Å². The minimum Gasteiger partial charge on any atom is -0.481 e. The maximum atomic E-state index is 13.2. The number of carboxylic acids is 1. The number of nitrogens with one attached hydrogen (secondary N) is 1. The molecule has 1 aliphatic heterocycles. The van der Waals surface area contributed by atoms with Crippen LogP contribution in [0, 0.1) is 11.2 Å². The van der Waals surface area contributed by atoms with Crippen LogP contribution in [0.25, 0.3) is 10.9 Å². The van der Waals surface area contributed by atoms with Crippen molar-refractivity contribution >= 4 is 22.8 Å². The van der Waals surface area contributed by atoms with E-state index in [1.165, 1.54) is 17.0 Å². The number of halogens is 1. The molecule has 1 amide bonds. The number of rotatable bonds is 2. The first-order valence-electron chi connectivity index (χ1n) is 6.70. The van der Waals surface area contributed by atoms with Gasteiger partial charge in [0.25, 0.3) is 5.91 Å². The Bertz CT molecular complexity index is 740. The second-order valence-electron chi connectivity index (χ2n) is 5.76. The van der Waals surface area contributed by atoms with Gasteiger partial charge in [0.05, 0.1) is 5.41 Å². The Balaban J connectivity index is 1.86. The normalized spacial score (nSPS) is 21.9. The molecule has 0 radical (unpaired) electrons. The minimum absolute atomic E-state index is 0.185. The first-order chi connectivity index (χ1) is 9.89. The average Bonchev–Trinajstić information content (AvgIpc) is 3.02. The average molecular weight is 290 g/mol. The van der Waals surface area contributed by atoms with Crippen LogP contribution in [-0.4, -0.2) is 40.0 Å². The molecule has 1 atom stereocenters. The van der Waals surface area contributed by atoms with Gasteiger partial charge in [-0.2, -0.15) is 0 Å². The number of carbonyl (C=O) groups is 2. The first-order valence-corrected chi connectivity index (χ1v) is 6.70. The number of hydrogen-bond acceptors (Lipinski definition) is 2. The summed E-state index contributed by atoms with van der Waals surface area (Å²) in [5, 5.41) is 9.82. The van der Waals surface area contributed by atoms with Gasteiger partial charge in [-0.25, -0.2) is 4.39 Å². The van der Waals surface area contributed by atoms with Crippen LogP contribution in [0.2, 0.25) is 0 Å². The van der Waals surface area contributed by atoms with E-state index in [2.05, 4.69) is 4.98 Å². The van der Waals surface area contributed by atoms with E-state index in [0.717, 1.165) is 0 Å². The van der Waals surface area contributed by atoms with E-state index in [0.29, 0.717) is 29.6 Å². The molecule has 1 saturated heterocycles. The van der Waals surface area contributed by atoms with Gasteiger partial charge >= 0.3 is 5.97 Å². The van der Waals surface area contributed by atoms with Crippen LogP contribution in [0.1, 0.15) is 23.8 Å². The van der Waals surface area contributed by atoms with E-state index in [1.54, 1.807) is 19.1 Å². The van der Waals surface area contributed by atoms with Crippen molar-refractivity contribution in [2.75, 3.05) is 13.1 Å². The standard InChI is InChI=1S/C15H15FN2O3/c1-15(14(20)21)4-5-18(8-15)13(19)12-7-9-6-10(16)2-3-11(9)17-12/h2-3,6-7,17H,4-5,8H2,1H3,(H,20,21). The van der Waals surface area contributed by atoms with Crippen molar-refractivity contribution in [2.45, 2.75) is 13.3 Å². The molecule has 1 fully saturated rings. The van der Waals surface area contributed by atoms with Gasteiger partial charge in [0.1, 0.15) is 11.5 Å². The summed E-state index contributed by atoms with van der Waals surface area (Å²) in [7, 11) is 0. The van der Waals surface area contributed by atoms with Gasteiger partial charge in [0.2, 0.25) is 0 Å². The Morgan fingerprint density at radius 3 is 2.81 bits per heavy atom. The third-order valence-electron chi connectivity index (χ3n) is 4.09. The number of aromatic amines is 1. The Morgan fingerprint density at radius 2 is 2.14 bits per heavy atom. The third-order valence-corrected chi connectivity index (χ3v) is 4.09. The first kappa shape index (κ1) is 13.6. The highest BCUT2D eigenvalue weighted by molar-refractivity contribution is 5.98. The monoisotopic (exact) mass is 290 g/mol. The summed E-state index contributed by atoms with van der Waals surface area (Å²) in [5.41, 5.74) is 0.138. The number of carbonyl (C=O) groups excluding carboxylic acids is 1. The lowest BCUT2D eigenvalue weighted by Gasteiger charge is -2.19. The number of aliphatic carboxylic acids is 1. The van der Waals surface area contributed by atoms with Gasteiger partial charge in [0.15, 0.2) is 0 Å². The smallest absolute Gasteiger partial charge is 0.311 e. The van der Waals surface area contributed by atoms with Gasteiger partial charge in [-0.15, -0.1) is 0 Å². The molecule has 0 saturated carbocycles. The molecule has 1 aromatic carbocycles. The van der Waals surface area contributed by atoms with Gasteiger partial charge in [-0.3, -0.25) is 9.59 Å². The number of carboxylic acid groups (broad SMARTS) is 1. The molecule has 1 aliphatic rings. The van der Waals surface area contributed by atoms with Crippen molar-refractivity contribution < 1.29 is 19.1 Å². The molecule has 110 valence electrons. The zero-order valence-electron chi connectivity index (χ0n) is 11.5. The van der Waals surface area contributed by atoms with E-state index in [4.69, 9.17) is 0 Å². The summed E-state index contributed by atoms with van der Waals surface area (Å²) in [5.74, 6) is -1.51. The van der Waals surface area contributed by atoms with Crippen LogP contribution in [0.4, 0.5) is 4.39 Å². The quantitative estimate of drug-likeness (QED) is 0.891. The van der Waals surface area contributed by atoms with E-state index >= 15 is 0 Å². The topological polar surface area (TPSA) is 73.4 Å². The zero-order valence-corrected chi connectivity index (χ0v) is 11.5. The molecule has 1 aromatic heterocycles. The second kappa shape index (κ2) is 4.58. The summed E-state index contributed by atoms with van der Waals surface area (Å²) in [6.45, 7) is 2.24. The fraction of sp³-hybridized carbons (Fsp3) is 0.333. The maximum absolute atomic E-state index is 13.2. The Kier molecular flexibility index (Phi) is 2.97. The highest BCUT2D eigenvalue weighted by Gasteiger charge is 2.42. The molecule has 1 unspecified atom stereocenters. The molecule has 0 spiro atoms. The van der Waals surface area contributed by atoms with Gasteiger partial charge in [-0.1, -0.05) is 0 Å². The lowest BCUT2D eigenvalue weighted by molar-refractivity contribution is -0.147. The molecule has 0 aliphatic carbocycles.